The minimum absolute atomic E-state index is 0.0102. The molecule has 4 heteroatoms. The Balaban J connectivity index is 2.56. The minimum atomic E-state index is -0.836. The fourth-order valence-corrected chi connectivity index (χ4v) is 1.35. The predicted molar refractivity (Wildman–Crippen MR) is 57.8 cm³/mol. The van der Waals surface area contributed by atoms with Gasteiger partial charge in [0.2, 0.25) is 0 Å². The van der Waals surface area contributed by atoms with Gasteiger partial charge in [0.25, 0.3) is 0 Å². The molecule has 0 aromatic carbocycles. The topological polar surface area (TPSA) is 62.2 Å². The molecule has 4 nitrogen and oxygen atoms in total. The number of nitrogens with zero attached hydrogens (tertiary/aromatic N) is 1. The third kappa shape index (κ3) is 3.67. The maximum atomic E-state index is 10.3. The zero-order chi connectivity index (χ0) is 11.3. The van der Waals surface area contributed by atoms with Gasteiger partial charge in [-0.2, -0.15) is 0 Å². The number of carbonyl (C=O) groups is 1. The second-order valence-electron chi connectivity index (χ2n) is 4.12. The highest BCUT2D eigenvalue weighted by molar-refractivity contribution is 5.69. The highest BCUT2D eigenvalue weighted by Crippen LogP contribution is 2.20. The van der Waals surface area contributed by atoms with Crippen molar-refractivity contribution < 1.29 is 9.90 Å². The molecule has 1 aromatic rings. The van der Waals surface area contributed by atoms with Gasteiger partial charge in [0, 0.05) is 24.4 Å². The summed E-state index contributed by atoms with van der Waals surface area (Å²) in [6.45, 7) is 4.71. The molecule has 1 rings (SSSR count). The molecule has 0 radical (unpaired) electrons. The van der Waals surface area contributed by atoms with E-state index in [1.165, 1.54) is 0 Å². The van der Waals surface area contributed by atoms with Crippen LogP contribution in [0.25, 0.3) is 0 Å². The zero-order valence-electron chi connectivity index (χ0n) is 9.03. The van der Waals surface area contributed by atoms with Crippen LogP contribution in [0, 0.1) is 0 Å². The number of carboxylic acids is 1. The molecule has 0 spiro atoms. The summed E-state index contributed by atoms with van der Waals surface area (Å²) in [6.07, 6.45) is 3.53. The SMILES string of the molecule is CC(C)(CNCC(=O)O)c1cccnc1. The van der Waals surface area contributed by atoms with Crippen molar-refractivity contribution >= 4 is 5.97 Å². The third-order valence-corrected chi connectivity index (χ3v) is 2.29. The highest BCUT2D eigenvalue weighted by atomic mass is 16.4. The quantitative estimate of drug-likeness (QED) is 0.758. The summed E-state index contributed by atoms with van der Waals surface area (Å²) in [4.78, 5) is 14.4. The molecule has 0 saturated carbocycles. The van der Waals surface area contributed by atoms with Crippen LogP contribution in [0.5, 0.6) is 0 Å². The molecule has 82 valence electrons. The zero-order valence-corrected chi connectivity index (χ0v) is 9.03. The maximum Gasteiger partial charge on any atom is 0.317 e. The number of hydrogen-bond donors (Lipinski definition) is 2. The summed E-state index contributed by atoms with van der Waals surface area (Å²) in [5, 5.41) is 11.4. The van der Waals surface area contributed by atoms with E-state index in [0.29, 0.717) is 6.54 Å². The molecule has 0 unspecified atom stereocenters. The molecule has 1 heterocycles. The summed E-state index contributed by atoms with van der Waals surface area (Å²) in [5.41, 5.74) is 0.992. The van der Waals surface area contributed by atoms with Gasteiger partial charge in [-0.25, -0.2) is 0 Å². The van der Waals surface area contributed by atoms with Crippen molar-refractivity contribution in [3.05, 3.63) is 30.1 Å². The van der Waals surface area contributed by atoms with Crippen LogP contribution in [-0.4, -0.2) is 29.1 Å². The van der Waals surface area contributed by atoms with Crippen LogP contribution < -0.4 is 5.32 Å². The summed E-state index contributed by atoms with van der Waals surface area (Å²) < 4.78 is 0. The summed E-state index contributed by atoms with van der Waals surface area (Å²) >= 11 is 0. The van der Waals surface area contributed by atoms with Crippen molar-refractivity contribution in [2.24, 2.45) is 0 Å². The third-order valence-electron chi connectivity index (χ3n) is 2.29. The Labute approximate surface area is 89.3 Å². The van der Waals surface area contributed by atoms with Crippen LogP contribution in [0.2, 0.25) is 0 Å². The van der Waals surface area contributed by atoms with Crippen molar-refractivity contribution in [2.75, 3.05) is 13.1 Å². The largest absolute Gasteiger partial charge is 0.480 e. The van der Waals surface area contributed by atoms with Crippen molar-refractivity contribution in [2.45, 2.75) is 19.3 Å². The van der Waals surface area contributed by atoms with E-state index in [9.17, 15) is 4.79 Å². The second-order valence-corrected chi connectivity index (χ2v) is 4.12. The lowest BCUT2D eigenvalue weighted by Crippen LogP contribution is -2.35. The van der Waals surface area contributed by atoms with Gasteiger partial charge in [0.05, 0.1) is 6.54 Å². The Bertz CT molecular complexity index is 323. The number of nitrogens with one attached hydrogen (secondary N) is 1. The molecule has 2 N–H and O–H groups in total. The lowest BCUT2D eigenvalue weighted by atomic mass is 9.86. The Morgan fingerprint density at radius 3 is 2.87 bits per heavy atom. The fourth-order valence-electron chi connectivity index (χ4n) is 1.35. The molecule has 15 heavy (non-hydrogen) atoms. The van der Waals surface area contributed by atoms with E-state index in [2.05, 4.69) is 24.1 Å². The van der Waals surface area contributed by atoms with Gasteiger partial charge < -0.3 is 10.4 Å². The molecule has 0 fully saturated rings. The molecule has 0 aliphatic rings. The number of carboxylic acid groups (broad SMARTS) is 1. The van der Waals surface area contributed by atoms with Crippen molar-refractivity contribution in [1.82, 2.24) is 10.3 Å². The van der Waals surface area contributed by atoms with Crippen molar-refractivity contribution in [3.8, 4) is 0 Å². The first kappa shape index (κ1) is 11.7. The Kier molecular flexibility index (Phi) is 3.80. The van der Waals surface area contributed by atoms with Crippen LogP contribution in [0.3, 0.4) is 0 Å². The number of aliphatic carboxylic acids is 1. The van der Waals surface area contributed by atoms with E-state index in [-0.39, 0.29) is 12.0 Å². The summed E-state index contributed by atoms with van der Waals surface area (Å²) in [5.74, 6) is -0.836. The fraction of sp³-hybridized carbons (Fsp3) is 0.455. The summed E-state index contributed by atoms with van der Waals surface area (Å²) in [7, 11) is 0. The lowest BCUT2D eigenvalue weighted by Gasteiger charge is -2.24. The van der Waals surface area contributed by atoms with E-state index in [1.54, 1.807) is 6.20 Å². The Morgan fingerprint density at radius 1 is 1.60 bits per heavy atom. The van der Waals surface area contributed by atoms with Gasteiger partial charge in [-0.3, -0.25) is 9.78 Å². The Hall–Kier alpha value is -1.42. The van der Waals surface area contributed by atoms with Gasteiger partial charge in [-0.15, -0.1) is 0 Å². The molecular formula is C11H16N2O2. The molecule has 0 bridgehead atoms. The van der Waals surface area contributed by atoms with E-state index in [1.807, 2.05) is 18.3 Å². The predicted octanol–water partition coefficient (Wildman–Crippen LogP) is 1.03. The minimum Gasteiger partial charge on any atom is -0.480 e. The summed E-state index contributed by atoms with van der Waals surface area (Å²) in [6, 6.07) is 3.88. The molecule has 1 aromatic heterocycles. The van der Waals surface area contributed by atoms with Crippen LogP contribution in [0.15, 0.2) is 24.5 Å². The second kappa shape index (κ2) is 4.89. The molecule has 0 atom stereocenters. The molecule has 0 amide bonds. The maximum absolute atomic E-state index is 10.3. The van der Waals surface area contributed by atoms with Gasteiger partial charge in [-0.05, 0) is 11.6 Å². The first-order chi connectivity index (χ1) is 7.02. The lowest BCUT2D eigenvalue weighted by molar-refractivity contribution is -0.136. The normalized spacial score (nSPS) is 11.3. The smallest absolute Gasteiger partial charge is 0.317 e. The van der Waals surface area contributed by atoms with E-state index in [0.717, 1.165) is 5.56 Å². The first-order valence-corrected chi connectivity index (χ1v) is 4.85. The highest BCUT2D eigenvalue weighted by Gasteiger charge is 2.20. The van der Waals surface area contributed by atoms with Gasteiger partial charge >= 0.3 is 5.97 Å². The first-order valence-electron chi connectivity index (χ1n) is 4.85. The van der Waals surface area contributed by atoms with Crippen molar-refractivity contribution in [1.29, 1.82) is 0 Å². The number of pyridine rings is 1. The number of aromatic nitrogens is 1. The molecule has 0 aliphatic heterocycles. The molecular weight excluding hydrogens is 192 g/mol. The average molecular weight is 208 g/mol. The van der Waals surface area contributed by atoms with Gasteiger partial charge in [0.15, 0.2) is 0 Å². The van der Waals surface area contributed by atoms with Crippen LogP contribution in [-0.2, 0) is 10.2 Å². The van der Waals surface area contributed by atoms with Crippen LogP contribution >= 0.6 is 0 Å². The van der Waals surface area contributed by atoms with E-state index < -0.39 is 5.97 Å². The van der Waals surface area contributed by atoms with Crippen LogP contribution in [0.4, 0.5) is 0 Å². The van der Waals surface area contributed by atoms with Gasteiger partial charge in [0.1, 0.15) is 0 Å². The molecule has 0 aliphatic carbocycles. The monoisotopic (exact) mass is 208 g/mol. The number of rotatable bonds is 5. The Morgan fingerprint density at radius 2 is 2.33 bits per heavy atom. The number of hydrogen-bond acceptors (Lipinski definition) is 3. The molecule has 0 saturated heterocycles. The van der Waals surface area contributed by atoms with E-state index >= 15 is 0 Å². The standard InChI is InChI=1S/C11H16N2O2/c1-11(2,8-13-7-10(14)15)9-4-3-5-12-6-9/h3-6,13H,7-8H2,1-2H3,(H,14,15). The van der Waals surface area contributed by atoms with E-state index in [4.69, 9.17) is 5.11 Å². The van der Waals surface area contributed by atoms with Crippen LogP contribution in [0.1, 0.15) is 19.4 Å². The average Bonchev–Trinajstić information content (AvgIpc) is 2.18. The van der Waals surface area contributed by atoms with Crippen molar-refractivity contribution in [3.63, 3.8) is 0 Å². The van der Waals surface area contributed by atoms with Gasteiger partial charge in [-0.1, -0.05) is 19.9 Å².